The molecule has 0 bridgehead atoms. The van der Waals surface area contributed by atoms with Crippen LogP contribution in [0.15, 0.2) is 0 Å². The molecule has 98 valence electrons. The highest BCUT2D eigenvalue weighted by Gasteiger charge is 2.22. The minimum Gasteiger partial charge on any atom is -0.391 e. The van der Waals surface area contributed by atoms with E-state index in [9.17, 15) is 4.79 Å². The zero-order chi connectivity index (χ0) is 12.8. The lowest BCUT2D eigenvalue weighted by atomic mass is 10.2. The van der Waals surface area contributed by atoms with Gasteiger partial charge in [0.2, 0.25) is 5.91 Å². The molecule has 3 N–H and O–H groups in total. The fourth-order valence-electron chi connectivity index (χ4n) is 1.73. The second-order valence-corrected chi connectivity index (χ2v) is 5.01. The first kappa shape index (κ1) is 14.3. The van der Waals surface area contributed by atoms with E-state index in [-0.39, 0.29) is 18.1 Å². The van der Waals surface area contributed by atoms with E-state index >= 15 is 0 Å². The van der Waals surface area contributed by atoms with Crippen LogP contribution in [0.4, 0.5) is 0 Å². The van der Waals surface area contributed by atoms with Crippen molar-refractivity contribution in [2.24, 2.45) is 5.73 Å². The zero-order valence-electron chi connectivity index (χ0n) is 10.4. The molecule has 17 heavy (non-hydrogen) atoms. The molecule has 1 unspecified atom stereocenters. The summed E-state index contributed by atoms with van der Waals surface area (Å²) in [5.41, 5.74) is 5.55. The monoisotopic (exact) mass is 259 g/mol. The lowest BCUT2D eigenvalue weighted by molar-refractivity contribution is -0.122. The van der Waals surface area contributed by atoms with Gasteiger partial charge in [-0.15, -0.1) is 0 Å². The standard InChI is InChI=1S/C11H21N3O2S/c1-8(2)13-10(15)3-4-14-5-6-16-9(7-14)11(12)17/h8-9H,3-7H2,1-2H3,(H2,12,17)(H,13,15). The van der Waals surface area contributed by atoms with Gasteiger partial charge in [0, 0.05) is 32.1 Å². The highest BCUT2D eigenvalue weighted by molar-refractivity contribution is 7.80. The maximum absolute atomic E-state index is 11.5. The molecule has 1 amide bonds. The van der Waals surface area contributed by atoms with Gasteiger partial charge in [0.1, 0.15) is 11.1 Å². The van der Waals surface area contributed by atoms with Crippen molar-refractivity contribution >= 4 is 23.1 Å². The Morgan fingerprint density at radius 1 is 1.65 bits per heavy atom. The molecule has 6 heteroatoms. The van der Waals surface area contributed by atoms with Gasteiger partial charge in [0.05, 0.1) is 6.61 Å². The SMILES string of the molecule is CC(C)NC(=O)CCN1CCOC(C(N)=S)C1. The van der Waals surface area contributed by atoms with Gasteiger partial charge in [0.15, 0.2) is 0 Å². The number of ether oxygens (including phenoxy) is 1. The highest BCUT2D eigenvalue weighted by atomic mass is 32.1. The summed E-state index contributed by atoms with van der Waals surface area (Å²) in [6.07, 6.45) is 0.328. The van der Waals surface area contributed by atoms with Crippen molar-refractivity contribution in [2.75, 3.05) is 26.2 Å². The van der Waals surface area contributed by atoms with Gasteiger partial charge < -0.3 is 15.8 Å². The Kier molecular flexibility index (Phi) is 5.80. The maximum Gasteiger partial charge on any atom is 0.221 e. The Labute approximate surface area is 108 Å². The molecule has 0 aromatic rings. The number of thiocarbonyl (C=S) groups is 1. The van der Waals surface area contributed by atoms with Crippen LogP contribution < -0.4 is 11.1 Å². The molecule has 1 rings (SSSR count). The summed E-state index contributed by atoms with van der Waals surface area (Å²) in [5.74, 6) is 0.0818. The molecule has 0 aromatic heterocycles. The Morgan fingerprint density at radius 3 is 2.94 bits per heavy atom. The minimum atomic E-state index is -0.174. The van der Waals surface area contributed by atoms with Crippen LogP contribution >= 0.6 is 12.2 Å². The molecular weight excluding hydrogens is 238 g/mol. The summed E-state index contributed by atoms with van der Waals surface area (Å²) in [4.78, 5) is 14.0. The lowest BCUT2D eigenvalue weighted by Crippen LogP contribution is -2.48. The number of hydrogen-bond acceptors (Lipinski definition) is 4. The quantitative estimate of drug-likeness (QED) is 0.674. The van der Waals surface area contributed by atoms with E-state index in [0.717, 1.165) is 13.1 Å². The van der Waals surface area contributed by atoms with Gasteiger partial charge in [-0.1, -0.05) is 12.2 Å². The summed E-state index contributed by atoms with van der Waals surface area (Å²) >= 11 is 4.91. The average molecular weight is 259 g/mol. The first-order valence-corrected chi connectivity index (χ1v) is 6.32. The second kappa shape index (κ2) is 6.88. The third kappa shape index (κ3) is 5.43. The molecule has 0 spiro atoms. The average Bonchev–Trinajstić information content (AvgIpc) is 2.26. The molecule has 1 atom stereocenters. The number of rotatable bonds is 5. The van der Waals surface area contributed by atoms with Crippen LogP contribution in [0, 0.1) is 0 Å². The number of nitrogens with two attached hydrogens (primary N) is 1. The lowest BCUT2D eigenvalue weighted by Gasteiger charge is -2.32. The van der Waals surface area contributed by atoms with Crippen LogP contribution in [-0.4, -0.2) is 54.2 Å². The maximum atomic E-state index is 11.5. The first-order chi connectivity index (χ1) is 7.99. The predicted octanol–water partition coefficient (Wildman–Crippen LogP) is -0.112. The normalized spacial score (nSPS) is 21.5. The summed E-state index contributed by atoms with van der Waals surface area (Å²) < 4.78 is 5.43. The summed E-state index contributed by atoms with van der Waals surface area (Å²) in [5, 5.41) is 2.87. The fourth-order valence-corrected chi connectivity index (χ4v) is 1.87. The summed E-state index contributed by atoms with van der Waals surface area (Å²) in [7, 11) is 0. The van der Waals surface area contributed by atoms with Gasteiger partial charge >= 0.3 is 0 Å². The number of amides is 1. The van der Waals surface area contributed by atoms with E-state index in [0.29, 0.717) is 24.6 Å². The number of hydrogen-bond donors (Lipinski definition) is 2. The van der Waals surface area contributed by atoms with Gasteiger partial charge in [-0.05, 0) is 13.8 Å². The third-order valence-electron chi connectivity index (χ3n) is 2.57. The molecule has 1 saturated heterocycles. The van der Waals surface area contributed by atoms with Crippen molar-refractivity contribution in [1.29, 1.82) is 0 Å². The Hall–Kier alpha value is -0.720. The van der Waals surface area contributed by atoms with Gasteiger partial charge in [-0.2, -0.15) is 0 Å². The number of nitrogens with zero attached hydrogens (tertiary/aromatic N) is 1. The van der Waals surface area contributed by atoms with Crippen molar-refractivity contribution < 1.29 is 9.53 Å². The van der Waals surface area contributed by atoms with Crippen molar-refractivity contribution in [3.63, 3.8) is 0 Å². The topological polar surface area (TPSA) is 67.6 Å². The number of morpholine rings is 1. The van der Waals surface area contributed by atoms with E-state index in [2.05, 4.69) is 10.2 Å². The van der Waals surface area contributed by atoms with Crippen LogP contribution in [0.25, 0.3) is 0 Å². The van der Waals surface area contributed by atoms with Crippen LogP contribution in [0.3, 0.4) is 0 Å². The Bertz CT molecular complexity index is 284. The first-order valence-electron chi connectivity index (χ1n) is 5.91. The van der Waals surface area contributed by atoms with E-state index in [1.807, 2.05) is 13.8 Å². The van der Waals surface area contributed by atoms with Crippen LogP contribution in [0.5, 0.6) is 0 Å². The second-order valence-electron chi connectivity index (χ2n) is 4.53. The third-order valence-corrected chi connectivity index (χ3v) is 2.84. The molecule has 0 radical (unpaired) electrons. The predicted molar refractivity (Wildman–Crippen MR) is 70.9 cm³/mol. The van der Waals surface area contributed by atoms with Gasteiger partial charge in [-0.25, -0.2) is 0 Å². The van der Waals surface area contributed by atoms with E-state index < -0.39 is 0 Å². The van der Waals surface area contributed by atoms with Crippen LogP contribution in [0.1, 0.15) is 20.3 Å². The van der Waals surface area contributed by atoms with Gasteiger partial charge in [0.25, 0.3) is 0 Å². The zero-order valence-corrected chi connectivity index (χ0v) is 11.3. The molecule has 1 aliphatic rings. The number of nitrogens with one attached hydrogen (secondary N) is 1. The van der Waals surface area contributed by atoms with Crippen molar-refractivity contribution in [1.82, 2.24) is 10.2 Å². The van der Waals surface area contributed by atoms with Crippen LogP contribution in [0.2, 0.25) is 0 Å². The molecule has 0 saturated carbocycles. The molecule has 0 aromatic carbocycles. The van der Waals surface area contributed by atoms with E-state index in [1.54, 1.807) is 0 Å². The minimum absolute atomic E-state index is 0.0818. The van der Waals surface area contributed by atoms with Crippen molar-refractivity contribution in [3.05, 3.63) is 0 Å². The molecular formula is C11H21N3O2S. The Balaban J connectivity index is 2.27. The summed E-state index contributed by atoms with van der Waals surface area (Å²) in [6, 6.07) is 0.191. The van der Waals surface area contributed by atoms with E-state index in [1.165, 1.54) is 0 Å². The Morgan fingerprint density at radius 2 is 2.35 bits per heavy atom. The van der Waals surface area contributed by atoms with Crippen LogP contribution in [-0.2, 0) is 9.53 Å². The van der Waals surface area contributed by atoms with Gasteiger partial charge in [-0.3, -0.25) is 9.69 Å². The molecule has 1 aliphatic heterocycles. The number of carbonyl (C=O) groups is 1. The smallest absolute Gasteiger partial charge is 0.221 e. The fraction of sp³-hybridized carbons (Fsp3) is 0.818. The van der Waals surface area contributed by atoms with E-state index in [4.69, 9.17) is 22.7 Å². The summed E-state index contributed by atoms with van der Waals surface area (Å²) in [6.45, 7) is 6.76. The molecule has 1 fully saturated rings. The molecule has 1 heterocycles. The molecule has 5 nitrogen and oxygen atoms in total. The molecule has 0 aliphatic carbocycles. The van der Waals surface area contributed by atoms with Crippen molar-refractivity contribution in [3.8, 4) is 0 Å². The number of carbonyl (C=O) groups excluding carboxylic acids is 1. The highest BCUT2D eigenvalue weighted by Crippen LogP contribution is 2.06. The van der Waals surface area contributed by atoms with Crippen molar-refractivity contribution in [2.45, 2.75) is 32.4 Å². The largest absolute Gasteiger partial charge is 0.391 e.